The first-order chi connectivity index (χ1) is 16.8. The number of carbonyl (C=O) groups is 1. The lowest BCUT2D eigenvalue weighted by Crippen LogP contribution is -2.56. The number of hydrogen-bond acceptors (Lipinski definition) is 6. The summed E-state index contributed by atoms with van der Waals surface area (Å²) in [4.78, 5) is 25.8. The SMILES string of the molecule is C#C.CC1=NCC(CC(=O)NC2CCCCC2)=C1.CCN1CCc2sc(N3CC(F)(F)C3)nc2C1. The van der Waals surface area contributed by atoms with Crippen molar-refractivity contribution in [1.29, 1.82) is 0 Å². The molecule has 35 heavy (non-hydrogen) atoms. The maximum absolute atomic E-state index is 12.8. The van der Waals surface area contributed by atoms with E-state index in [1.807, 2.05) is 13.0 Å². The molecule has 0 spiro atoms. The minimum absolute atomic E-state index is 0.169. The highest BCUT2D eigenvalue weighted by Gasteiger charge is 2.45. The highest BCUT2D eigenvalue weighted by Crippen LogP contribution is 2.37. The molecular formula is C26H37F2N5OS. The zero-order chi connectivity index (χ0) is 25.4. The summed E-state index contributed by atoms with van der Waals surface area (Å²) in [6.45, 7) is 7.43. The average molecular weight is 506 g/mol. The molecule has 4 heterocycles. The number of halogens is 2. The summed E-state index contributed by atoms with van der Waals surface area (Å²) in [5, 5.41) is 3.91. The number of fused-ring (bicyclic) bond motifs is 1. The quantitative estimate of drug-likeness (QED) is 0.601. The molecule has 1 saturated heterocycles. The Morgan fingerprint density at radius 1 is 1.26 bits per heavy atom. The molecule has 0 unspecified atom stereocenters. The molecule has 1 aromatic heterocycles. The number of allylic oxidation sites excluding steroid dienone is 1. The summed E-state index contributed by atoms with van der Waals surface area (Å²) in [6, 6.07) is 0.422. The number of nitrogens with one attached hydrogen (secondary N) is 1. The van der Waals surface area contributed by atoms with Gasteiger partial charge in [-0.25, -0.2) is 13.8 Å². The number of rotatable bonds is 5. The van der Waals surface area contributed by atoms with Crippen molar-refractivity contribution in [2.24, 2.45) is 4.99 Å². The van der Waals surface area contributed by atoms with Gasteiger partial charge in [-0.2, -0.15) is 0 Å². The number of terminal acetylenes is 1. The molecule has 2 fully saturated rings. The molecule has 0 atom stereocenters. The van der Waals surface area contributed by atoms with E-state index >= 15 is 0 Å². The second-order valence-electron chi connectivity index (χ2n) is 9.54. The van der Waals surface area contributed by atoms with Gasteiger partial charge in [0.15, 0.2) is 5.13 Å². The van der Waals surface area contributed by atoms with Gasteiger partial charge < -0.3 is 10.2 Å². The Kier molecular flexibility index (Phi) is 9.81. The molecule has 1 N–H and O–H groups in total. The number of hydrogen-bond donors (Lipinski definition) is 1. The predicted molar refractivity (Wildman–Crippen MR) is 140 cm³/mol. The highest BCUT2D eigenvalue weighted by molar-refractivity contribution is 7.15. The largest absolute Gasteiger partial charge is 0.353 e. The average Bonchev–Trinajstić information content (AvgIpc) is 3.44. The van der Waals surface area contributed by atoms with E-state index in [2.05, 4.69) is 40.0 Å². The van der Waals surface area contributed by atoms with Crippen LogP contribution >= 0.6 is 11.3 Å². The topological polar surface area (TPSA) is 60.8 Å². The molecule has 6 nitrogen and oxygen atoms in total. The van der Waals surface area contributed by atoms with Gasteiger partial charge in [-0.15, -0.1) is 24.2 Å². The summed E-state index contributed by atoms with van der Waals surface area (Å²) in [5.74, 6) is -2.34. The van der Waals surface area contributed by atoms with Gasteiger partial charge in [-0.05, 0) is 44.4 Å². The van der Waals surface area contributed by atoms with Crippen LogP contribution in [0.3, 0.4) is 0 Å². The molecular weight excluding hydrogens is 468 g/mol. The number of alkyl halides is 2. The number of amides is 1. The highest BCUT2D eigenvalue weighted by atomic mass is 32.1. The van der Waals surface area contributed by atoms with Crippen molar-refractivity contribution < 1.29 is 13.6 Å². The zero-order valence-electron chi connectivity index (χ0n) is 20.9. The van der Waals surface area contributed by atoms with Crippen LogP contribution in [0.15, 0.2) is 16.6 Å². The Balaban J connectivity index is 0.000000183. The second kappa shape index (κ2) is 12.6. The van der Waals surface area contributed by atoms with E-state index in [0.29, 0.717) is 19.0 Å². The van der Waals surface area contributed by atoms with Crippen LogP contribution in [0.2, 0.25) is 0 Å². The van der Waals surface area contributed by atoms with Crippen molar-refractivity contribution in [2.45, 2.75) is 77.3 Å². The van der Waals surface area contributed by atoms with Gasteiger partial charge in [-0.1, -0.05) is 26.2 Å². The molecule has 3 aliphatic heterocycles. The Hall–Kier alpha value is -2.31. The van der Waals surface area contributed by atoms with Gasteiger partial charge >= 0.3 is 0 Å². The molecule has 1 aromatic rings. The number of nitrogens with zero attached hydrogens (tertiary/aromatic N) is 4. The van der Waals surface area contributed by atoms with E-state index in [4.69, 9.17) is 0 Å². The maximum atomic E-state index is 12.8. The molecule has 4 aliphatic rings. The molecule has 5 rings (SSSR count). The van der Waals surface area contributed by atoms with Gasteiger partial charge in [-0.3, -0.25) is 14.7 Å². The smallest absolute Gasteiger partial charge is 0.282 e. The first-order valence-electron chi connectivity index (χ1n) is 12.5. The number of anilines is 1. The van der Waals surface area contributed by atoms with Crippen molar-refractivity contribution in [2.75, 3.05) is 37.6 Å². The number of carbonyl (C=O) groups excluding carboxylic acids is 1. The number of aromatic nitrogens is 1. The standard InChI is InChI=1S/C13H20N2O.C11H15F2N3S.C2H2/c1-10-7-11(9-14-10)8-13(16)15-12-5-3-2-4-6-12;1-2-15-4-3-9-8(5-15)14-10(17-9)16-6-11(12,13)7-16;1-2/h7,12H,2-6,8-9H2,1H3,(H,15,16);2-7H2,1H3;1-2H. The molecule has 1 aliphatic carbocycles. The van der Waals surface area contributed by atoms with Crippen molar-refractivity contribution in [3.05, 3.63) is 22.2 Å². The summed E-state index contributed by atoms with van der Waals surface area (Å²) in [7, 11) is 0. The lowest BCUT2D eigenvalue weighted by Gasteiger charge is -2.38. The van der Waals surface area contributed by atoms with Crippen LogP contribution in [-0.2, 0) is 17.8 Å². The summed E-state index contributed by atoms with van der Waals surface area (Å²) in [5.41, 5.74) is 3.28. The monoisotopic (exact) mass is 505 g/mol. The van der Waals surface area contributed by atoms with Crippen LogP contribution in [0.25, 0.3) is 0 Å². The second-order valence-corrected chi connectivity index (χ2v) is 10.6. The third-order valence-corrected chi connectivity index (χ3v) is 7.88. The van der Waals surface area contributed by atoms with Crippen LogP contribution in [0, 0.1) is 12.8 Å². The molecule has 192 valence electrons. The first kappa shape index (κ1) is 27.3. The first-order valence-corrected chi connectivity index (χ1v) is 13.3. The Morgan fingerprint density at radius 2 is 1.97 bits per heavy atom. The maximum Gasteiger partial charge on any atom is 0.282 e. The van der Waals surface area contributed by atoms with E-state index in [1.54, 1.807) is 16.2 Å². The molecule has 0 radical (unpaired) electrons. The minimum atomic E-state index is -2.51. The van der Waals surface area contributed by atoms with Gasteiger partial charge in [0.25, 0.3) is 5.92 Å². The van der Waals surface area contributed by atoms with Crippen molar-refractivity contribution >= 4 is 28.1 Å². The van der Waals surface area contributed by atoms with E-state index in [9.17, 15) is 13.6 Å². The summed E-state index contributed by atoms with van der Waals surface area (Å²) < 4.78 is 25.6. The van der Waals surface area contributed by atoms with Gasteiger partial charge in [0.2, 0.25) is 5.91 Å². The molecule has 1 amide bonds. The minimum Gasteiger partial charge on any atom is -0.353 e. The number of likely N-dealkylation sites (N-methyl/N-ethyl adjacent to an activating group) is 1. The van der Waals surface area contributed by atoms with Gasteiger partial charge in [0.1, 0.15) is 0 Å². The van der Waals surface area contributed by atoms with Crippen molar-refractivity contribution in [3.63, 3.8) is 0 Å². The van der Waals surface area contributed by atoms with Crippen LogP contribution in [0.4, 0.5) is 13.9 Å². The van der Waals surface area contributed by atoms with E-state index in [0.717, 1.165) is 61.0 Å². The van der Waals surface area contributed by atoms with Crippen LogP contribution < -0.4 is 10.2 Å². The third-order valence-electron chi connectivity index (χ3n) is 6.66. The lowest BCUT2D eigenvalue weighted by atomic mass is 9.95. The predicted octanol–water partition coefficient (Wildman–Crippen LogP) is 4.45. The fourth-order valence-electron chi connectivity index (χ4n) is 4.74. The van der Waals surface area contributed by atoms with Crippen molar-refractivity contribution in [1.82, 2.24) is 15.2 Å². The molecule has 1 saturated carbocycles. The third kappa shape index (κ3) is 7.84. The van der Waals surface area contributed by atoms with E-state index < -0.39 is 5.92 Å². The fourth-order valence-corrected chi connectivity index (χ4v) is 5.80. The van der Waals surface area contributed by atoms with E-state index in [1.165, 1.54) is 24.1 Å². The number of thiazole rings is 1. The molecule has 0 aromatic carbocycles. The van der Waals surface area contributed by atoms with Crippen LogP contribution in [0.1, 0.15) is 62.9 Å². The van der Waals surface area contributed by atoms with Crippen LogP contribution in [0.5, 0.6) is 0 Å². The van der Waals surface area contributed by atoms with Crippen molar-refractivity contribution in [3.8, 4) is 12.8 Å². The Morgan fingerprint density at radius 3 is 2.57 bits per heavy atom. The zero-order valence-corrected chi connectivity index (χ0v) is 21.7. The van der Waals surface area contributed by atoms with Gasteiger partial charge in [0, 0.05) is 36.1 Å². The Bertz CT molecular complexity index is 941. The van der Waals surface area contributed by atoms with Crippen LogP contribution in [-0.4, -0.2) is 66.2 Å². The fraction of sp³-hybridized carbons (Fsp3) is 0.654. The number of aliphatic imine (C=N–C) groups is 1. The molecule has 9 heteroatoms. The normalized spacial score (nSPS) is 21.3. The van der Waals surface area contributed by atoms with Gasteiger partial charge in [0.05, 0.1) is 25.3 Å². The summed E-state index contributed by atoms with van der Waals surface area (Å²) >= 11 is 1.59. The molecule has 0 bridgehead atoms. The Labute approximate surface area is 211 Å². The lowest BCUT2D eigenvalue weighted by molar-refractivity contribution is -0.121. The van der Waals surface area contributed by atoms with E-state index in [-0.39, 0.29) is 19.0 Å². The summed E-state index contributed by atoms with van der Waals surface area (Å²) in [6.07, 6.45) is 17.7.